The zero-order chi connectivity index (χ0) is 17.6. The van der Waals surface area contributed by atoms with Crippen LogP contribution in [0.2, 0.25) is 0 Å². The number of unbranched alkanes of at least 4 members (excludes halogenated alkanes) is 2. The number of benzene rings is 1. The third-order valence-electron chi connectivity index (χ3n) is 3.54. The Morgan fingerprint density at radius 2 is 1.83 bits per heavy atom. The van der Waals surface area contributed by atoms with E-state index in [-0.39, 0.29) is 5.57 Å². The predicted octanol–water partition coefficient (Wildman–Crippen LogP) is 3.61. The van der Waals surface area contributed by atoms with Gasteiger partial charge in [-0.25, -0.2) is 9.59 Å². The van der Waals surface area contributed by atoms with Crippen molar-refractivity contribution < 1.29 is 23.8 Å². The largest absolute Gasteiger partial charge is 0.419 e. The molecule has 0 amide bonds. The molecule has 1 saturated heterocycles. The molecule has 5 nitrogen and oxygen atoms in total. The lowest BCUT2D eigenvalue weighted by molar-refractivity contribution is -0.222. The van der Waals surface area contributed by atoms with Crippen molar-refractivity contribution in [3.63, 3.8) is 0 Å². The Bertz CT molecular complexity index is 608. The fraction of sp³-hybridized carbons (Fsp3) is 0.474. The van der Waals surface area contributed by atoms with Gasteiger partial charge in [0.2, 0.25) is 0 Å². The molecule has 1 aromatic carbocycles. The molecule has 0 spiro atoms. The molecule has 130 valence electrons. The van der Waals surface area contributed by atoms with E-state index in [0.717, 1.165) is 37.0 Å². The lowest BCUT2D eigenvalue weighted by Crippen LogP contribution is -2.41. The maximum absolute atomic E-state index is 12.0. The molecule has 0 radical (unpaired) electrons. The van der Waals surface area contributed by atoms with E-state index in [9.17, 15) is 9.59 Å². The van der Waals surface area contributed by atoms with Crippen molar-refractivity contribution in [2.45, 2.75) is 52.4 Å². The summed E-state index contributed by atoms with van der Waals surface area (Å²) in [7, 11) is 0. The van der Waals surface area contributed by atoms with Gasteiger partial charge in [0.1, 0.15) is 5.57 Å². The number of hydrogen-bond acceptors (Lipinski definition) is 5. The average Bonchev–Trinajstić information content (AvgIpc) is 2.50. The summed E-state index contributed by atoms with van der Waals surface area (Å²) in [5.41, 5.74) is 1.61. The first kappa shape index (κ1) is 18.2. The van der Waals surface area contributed by atoms with Gasteiger partial charge >= 0.3 is 11.9 Å². The first-order valence-electron chi connectivity index (χ1n) is 8.26. The fourth-order valence-electron chi connectivity index (χ4n) is 2.36. The van der Waals surface area contributed by atoms with Crippen molar-refractivity contribution in [3.8, 4) is 0 Å². The molecule has 0 atom stereocenters. The number of esters is 2. The number of ether oxygens (including phenoxy) is 3. The molecule has 24 heavy (non-hydrogen) atoms. The van der Waals surface area contributed by atoms with E-state index >= 15 is 0 Å². The molecular weight excluding hydrogens is 308 g/mol. The Morgan fingerprint density at radius 3 is 2.50 bits per heavy atom. The van der Waals surface area contributed by atoms with Crippen LogP contribution in [0, 0.1) is 0 Å². The Labute approximate surface area is 142 Å². The molecule has 0 bridgehead atoms. The van der Waals surface area contributed by atoms with Gasteiger partial charge in [-0.1, -0.05) is 38.0 Å². The average molecular weight is 332 g/mol. The number of hydrogen-bond donors (Lipinski definition) is 0. The minimum atomic E-state index is -1.22. The molecule has 1 aliphatic rings. The van der Waals surface area contributed by atoms with Gasteiger partial charge in [0, 0.05) is 20.5 Å². The zero-order valence-electron chi connectivity index (χ0n) is 14.5. The normalized spacial score (nSPS) is 16.5. The van der Waals surface area contributed by atoms with Gasteiger partial charge in [0.15, 0.2) is 0 Å². The molecule has 1 aliphatic heterocycles. The van der Waals surface area contributed by atoms with Crippen LogP contribution in [0.5, 0.6) is 0 Å². The van der Waals surface area contributed by atoms with Crippen molar-refractivity contribution >= 4 is 18.0 Å². The first-order chi connectivity index (χ1) is 11.4. The van der Waals surface area contributed by atoms with E-state index in [1.165, 1.54) is 19.9 Å². The van der Waals surface area contributed by atoms with E-state index in [4.69, 9.17) is 14.2 Å². The number of carbonyl (C=O) groups excluding carboxylic acids is 2. The van der Waals surface area contributed by atoms with Crippen LogP contribution >= 0.6 is 0 Å². The van der Waals surface area contributed by atoms with Gasteiger partial charge in [-0.05, 0) is 29.7 Å². The SMILES string of the molecule is CCCCCOCc1cccc(C=C2C(=O)OC(C)(C)OC2=O)c1. The van der Waals surface area contributed by atoms with Crippen LogP contribution in [-0.4, -0.2) is 24.3 Å². The van der Waals surface area contributed by atoms with Gasteiger partial charge < -0.3 is 14.2 Å². The highest BCUT2D eigenvalue weighted by molar-refractivity contribution is 6.18. The van der Waals surface area contributed by atoms with E-state index < -0.39 is 17.7 Å². The summed E-state index contributed by atoms with van der Waals surface area (Å²) in [5.74, 6) is -2.56. The van der Waals surface area contributed by atoms with Crippen molar-refractivity contribution in [3.05, 3.63) is 41.0 Å². The van der Waals surface area contributed by atoms with Gasteiger partial charge in [0.25, 0.3) is 5.79 Å². The van der Waals surface area contributed by atoms with E-state index in [1.807, 2.05) is 24.3 Å². The third kappa shape index (κ3) is 5.20. The third-order valence-corrected chi connectivity index (χ3v) is 3.54. The topological polar surface area (TPSA) is 61.8 Å². The Morgan fingerprint density at radius 1 is 1.12 bits per heavy atom. The van der Waals surface area contributed by atoms with E-state index in [2.05, 4.69) is 6.92 Å². The maximum Gasteiger partial charge on any atom is 0.348 e. The molecule has 0 aromatic heterocycles. The predicted molar refractivity (Wildman–Crippen MR) is 89.9 cm³/mol. The Balaban J connectivity index is 2.03. The summed E-state index contributed by atoms with van der Waals surface area (Å²) in [4.78, 5) is 23.9. The van der Waals surface area contributed by atoms with Crippen LogP contribution in [0.15, 0.2) is 29.8 Å². The molecule has 1 fully saturated rings. The van der Waals surface area contributed by atoms with E-state index in [0.29, 0.717) is 6.61 Å². The molecule has 1 heterocycles. The highest BCUT2D eigenvalue weighted by atomic mass is 16.7. The van der Waals surface area contributed by atoms with Crippen LogP contribution in [0.25, 0.3) is 6.08 Å². The molecule has 1 aromatic rings. The van der Waals surface area contributed by atoms with Crippen molar-refractivity contribution in [1.29, 1.82) is 0 Å². The van der Waals surface area contributed by atoms with Crippen LogP contribution in [0.3, 0.4) is 0 Å². The second-order valence-corrected chi connectivity index (χ2v) is 6.24. The summed E-state index contributed by atoms with van der Waals surface area (Å²) in [5, 5.41) is 0. The van der Waals surface area contributed by atoms with Gasteiger partial charge in [0.05, 0.1) is 6.61 Å². The molecular formula is C19H24O5. The monoisotopic (exact) mass is 332 g/mol. The van der Waals surface area contributed by atoms with Crippen molar-refractivity contribution in [2.24, 2.45) is 0 Å². The Kier molecular flexibility index (Phi) is 6.15. The second kappa shape index (κ2) is 8.11. The van der Waals surface area contributed by atoms with Crippen molar-refractivity contribution in [1.82, 2.24) is 0 Å². The summed E-state index contributed by atoms with van der Waals surface area (Å²) in [6.45, 7) is 6.43. The van der Waals surface area contributed by atoms with Gasteiger partial charge in [-0.3, -0.25) is 0 Å². The summed E-state index contributed by atoms with van der Waals surface area (Å²) in [6.07, 6.45) is 4.86. The first-order valence-corrected chi connectivity index (χ1v) is 8.26. The van der Waals surface area contributed by atoms with Crippen molar-refractivity contribution in [2.75, 3.05) is 6.61 Å². The second-order valence-electron chi connectivity index (χ2n) is 6.24. The molecule has 0 unspecified atom stereocenters. The number of carbonyl (C=O) groups is 2. The molecule has 0 saturated carbocycles. The van der Waals surface area contributed by atoms with Gasteiger partial charge in [-0.2, -0.15) is 0 Å². The summed E-state index contributed by atoms with van der Waals surface area (Å²) < 4.78 is 15.8. The highest BCUT2D eigenvalue weighted by Crippen LogP contribution is 2.24. The van der Waals surface area contributed by atoms with Crippen LogP contribution < -0.4 is 0 Å². The minimum absolute atomic E-state index is 0.102. The smallest absolute Gasteiger partial charge is 0.348 e. The number of rotatable bonds is 7. The maximum atomic E-state index is 12.0. The van der Waals surface area contributed by atoms with E-state index in [1.54, 1.807) is 0 Å². The number of cyclic esters (lactones) is 2. The quantitative estimate of drug-likeness (QED) is 0.330. The fourth-order valence-corrected chi connectivity index (χ4v) is 2.36. The minimum Gasteiger partial charge on any atom is -0.419 e. The van der Waals surface area contributed by atoms with Gasteiger partial charge in [-0.15, -0.1) is 0 Å². The Hall–Kier alpha value is -2.14. The standard InChI is InChI=1S/C19H24O5/c1-4-5-6-10-22-13-15-9-7-8-14(11-15)12-16-17(20)23-19(2,3)24-18(16)21/h7-9,11-12H,4-6,10,13H2,1-3H3. The summed E-state index contributed by atoms with van der Waals surface area (Å²) in [6, 6.07) is 7.50. The lowest BCUT2D eigenvalue weighted by atomic mass is 10.1. The van der Waals surface area contributed by atoms with Crippen LogP contribution in [-0.2, 0) is 30.4 Å². The van der Waals surface area contributed by atoms with Crippen LogP contribution in [0.1, 0.15) is 51.2 Å². The molecule has 2 rings (SSSR count). The molecule has 5 heteroatoms. The zero-order valence-corrected chi connectivity index (χ0v) is 14.5. The lowest BCUT2D eigenvalue weighted by Gasteiger charge is -2.29. The molecule has 0 aliphatic carbocycles. The van der Waals surface area contributed by atoms with Crippen LogP contribution in [0.4, 0.5) is 0 Å². The summed E-state index contributed by atoms with van der Waals surface area (Å²) >= 11 is 0. The molecule has 0 N–H and O–H groups in total. The highest BCUT2D eigenvalue weighted by Gasteiger charge is 2.38.